The summed E-state index contributed by atoms with van der Waals surface area (Å²) in [5, 5.41) is 5.84. The molecule has 2 aromatic rings. The van der Waals surface area contributed by atoms with E-state index in [1.165, 1.54) is 34.1 Å². The first-order chi connectivity index (χ1) is 19.6. The number of benzene rings is 1. The first kappa shape index (κ1) is 30.0. The van der Waals surface area contributed by atoms with E-state index in [0.717, 1.165) is 5.56 Å². The molecule has 1 fully saturated rings. The van der Waals surface area contributed by atoms with Crippen molar-refractivity contribution in [3.8, 4) is 0 Å². The van der Waals surface area contributed by atoms with E-state index in [4.69, 9.17) is 0 Å². The van der Waals surface area contributed by atoms with E-state index in [2.05, 4.69) is 15.6 Å². The molecule has 1 saturated heterocycles. The second-order valence-corrected chi connectivity index (χ2v) is 11.0. The summed E-state index contributed by atoms with van der Waals surface area (Å²) in [4.78, 5) is 71.1. The first-order valence-electron chi connectivity index (χ1n) is 14.3. The van der Waals surface area contributed by atoms with Gasteiger partial charge in [0.1, 0.15) is 11.9 Å². The van der Waals surface area contributed by atoms with Gasteiger partial charge in [-0.1, -0.05) is 26.8 Å². The minimum absolute atomic E-state index is 0.0357. The van der Waals surface area contributed by atoms with Crippen LogP contribution in [0, 0.1) is 11.7 Å². The molecule has 3 N–H and O–H groups in total. The van der Waals surface area contributed by atoms with Crippen LogP contribution in [-0.2, 0) is 22.4 Å². The number of aromatic nitrogens is 1. The van der Waals surface area contributed by atoms with Gasteiger partial charge in [-0.3, -0.25) is 24.0 Å². The van der Waals surface area contributed by atoms with Gasteiger partial charge in [0, 0.05) is 37.4 Å². The molecule has 220 valence electrons. The molecule has 2 atom stereocenters. The van der Waals surface area contributed by atoms with Crippen LogP contribution >= 0.6 is 0 Å². The number of hydrogen-bond donors (Lipinski definition) is 3. The van der Waals surface area contributed by atoms with Crippen LogP contribution in [0.25, 0.3) is 0 Å². The molecule has 2 aliphatic rings. The van der Waals surface area contributed by atoms with Crippen LogP contribution in [0.1, 0.15) is 72.0 Å². The molecule has 2 bridgehead atoms. The molecular weight excluding hydrogens is 529 g/mol. The lowest BCUT2D eigenvalue weighted by Gasteiger charge is -2.32. The van der Waals surface area contributed by atoms with E-state index in [9.17, 15) is 28.4 Å². The Labute approximate surface area is 238 Å². The normalized spacial score (nSPS) is 20.9. The number of aromatic amines is 1. The lowest BCUT2D eigenvalue weighted by Crippen LogP contribution is -2.55. The number of halogens is 1. The molecule has 0 aliphatic carbocycles. The van der Waals surface area contributed by atoms with Gasteiger partial charge in [0.15, 0.2) is 0 Å². The van der Waals surface area contributed by atoms with E-state index < -0.39 is 29.7 Å². The fraction of sp³-hybridized carbons (Fsp3) is 0.500. The summed E-state index contributed by atoms with van der Waals surface area (Å²) in [5.41, 5.74) is 1.10. The topological polar surface area (TPSA) is 132 Å². The predicted octanol–water partition coefficient (Wildman–Crippen LogP) is 2.03. The molecule has 1 aromatic carbocycles. The molecule has 11 heteroatoms. The van der Waals surface area contributed by atoms with Crippen molar-refractivity contribution in [2.45, 2.75) is 65.0 Å². The van der Waals surface area contributed by atoms with Crippen molar-refractivity contribution < 1.29 is 23.6 Å². The third kappa shape index (κ3) is 7.01. The van der Waals surface area contributed by atoms with Crippen LogP contribution in [0.3, 0.4) is 0 Å². The van der Waals surface area contributed by atoms with Gasteiger partial charge in [0.25, 0.3) is 11.8 Å². The van der Waals surface area contributed by atoms with Crippen LogP contribution in [0.4, 0.5) is 4.39 Å². The standard InChI is InChI=1S/C30H38FN5O5/c1-4-23-20(10-12-26(37)33-23)29(40)35-16-24(18(2)3)34-28(39)25-8-6-14-36(25)30(41)21-15-19(9-11-22(21)31)7-5-13-32-27(38)17-35/h9-12,15,18,24-25H,4-8,13-14,16-17H2,1-3H3,(H,32,38)(H,33,37)(H,34,39)/t24-,25-/m0/s1. The number of H-pyrrole nitrogens is 1. The van der Waals surface area contributed by atoms with Crippen molar-refractivity contribution in [3.05, 3.63) is 68.9 Å². The molecule has 41 heavy (non-hydrogen) atoms. The smallest absolute Gasteiger partial charge is 0.257 e. The Kier molecular flexibility index (Phi) is 9.57. The zero-order valence-electron chi connectivity index (χ0n) is 23.8. The second kappa shape index (κ2) is 13.1. The average Bonchev–Trinajstić information content (AvgIpc) is 3.44. The van der Waals surface area contributed by atoms with E-state index in [-0.39, 0.29) is 47.5 Å². The molecule has 0 saturated carbocycles. The van der Waals surface area contributed by atoms with Crippen LogP contribution in [0.5, 0.6) is 0 Å². The highest BCUT2D eigenvalue weighted by atomic mass is 19.1. The summed E-state index contributed by atoms with van der Waals surface area (Å²) in [6.07, 6.45) is 2.49. The van der Waals surface area contributed by atoms with Gasteiger partial charge in [-0.2, -0.15) is 0 Å². The quantitative estimate of drug-likeness (QED) is 0.522. The molecular formula is C30H38FN5O5. The molecule has 4 rings (SSSR count). The van der Waals surface area contributed by atoms with Gasteiger partial charge < -0.3 is 25.4 Å². The summed E-state index contributed by atoms with van der Waals surface area (Å²) in [6, 6.07) is 5.81. The summed E-state index contributed by atoms with van der Waals surface area (Å²) in [5.74, 6) is -2.47. The van der Waals surface area contributed by atoms with E-state index in [1.807, 2.05) is 20.8 Å². The average molecular weight is 568 g/mol. The first-order valence-corrected chi connectivity index (χ1v) is 14.3. The lowest BCUT2D eigenvalue weighted by molar-refractivity contribution is -0.126. The van der Waals surface area contributed by atoms with Crippen molar-refractivity contribution in [2.24, 2.45) is 5.92 Å². The zero-order chi connectivity index (χ0) is 29.7. The number of fused-ring (bicyclic) bond motifs is 3. The largest absolute Gasteiger partial charge is 0.355 e. The van der Waals surface area contributed by atoms with E-state index in [0.29, 0.717) is 50.9 Å². The number of rotatable bonds is 3. The van der Waals surface area contributed by atoms with Gasteiger partial charge >= 0.3 is 0 Å². The fourth-order valence-corrected chi connectivity index (χ4v) is 5.40. The minimum atomic E-state index is -0.777. The summed E-state index contributed by atoms with van der Waals surface area (Å²) in [7, 11) is 0. The maximum atomic E-state index is 14.7. The summed E-state index contributed by atoms with van der Waals surface area (Å²) < 4.78 is 14.7. The van der Waals surface area contributed by atoms with E-state index >= 15 is 0 Å². The third-order valence-corrected chi connectivity index (χ3v) is 7.80. The number of carbonyl (C=O) groups excluding carboxylic acids is 4. The van der Waals surface area contributed by atoms with Gasteiger partial charge in [0.2, 0.25) is 17.4 Å². The van der Waals surface area contributed by atoms with Crippen molar-refractivity contribution in [1.29, 1.82) is 0 Å². The van der Waals surface area contributed by atoms with Crippen LogP contribution < -0.4 is 16.2 Å². The Morgan fingerprint density at radius 2 is 1.88 bits per heavy atom. The Hall–Kier alpha value is -4.02. The Bertz CT molecular complexity index is 1370. The number of nitrogens with one attached hydrogen (secondary N) is 3. The van der Waals surface area contributed by atoms with Crippen molar-refractivity contribution in [3.63, 3.8) is 0 Å². The Morgan fingerprint density at radius 1 is 1.10 bits per heavy atom. The van der Waals surface area contributed by atoms with Crippen LogP contribution in [0.2, 0.25) is 0 Å². The molecule has 0 unspecified atom stereocenters. The maximum absolute atomic E-state index is 14.7. The molecule has 2 aliphatic heterocycles. The zero-order valence-corrected chi connectivity index (χ0v) is 23.8. The Balaban J connectivity index is 1.68. The third-order valence-electron chi connectivity index (χ3n) is 7.80. The van der Waals surface area contributed by atoms with Gasteiger partial charge in [-0.25, -0.2) is 4.39 Å². The number of carbonyl (C=O) groups is 4. The summed E-state index contributed by atoms with van der Waals surface area (Å²) in [6.45, 7) is 6.06. The monoisotopic (exact) mass is 567 g/mol. The number of nitrogens with zero attached hydrogens (tertiary/aromatic N) is 2. The van der Waals surface area contributed by atoms with Crippen molar-refractivity contribution >= 4 is 23.6 Å². The fourth-order valence-electron chi connectivity index (χ4n) is 5.40. The molecule has 0 radical (unpaired) electrons. The highest BCUT2D eigenvalue weighted by Gasteiger charge is 2.37. The number of amides is 4. The van der Waals surface area contributed by atoms with Gasteiger partial charge in [0.05, 0.1) is 17.7 Å². The van der Waals surface area contributed by atoms with Gasteiger partial charge in [-0.15, -0.1) is 0 Å². The second-order valence-electron chi connectivity index (χ2n) is 11.0. The summed E-state index contributed by atoms with van der Waals surface area (Å²) >= 11 is 0. The molecule has 0 spiro atoms. The molecule has 10 nitrogen and oxygen atoms in total. The Morgan fingerprint density at radius 3 is 2.61 bits per heavy atom. The SMILES string of the molecule is CCc1[nH]c(=O)ccc1C(=O)N1CC(=O)NCCCc2ccc(F)c(c2)C(=O)N2CCC[C@H]2C(=O)N[C@H](C(C)C)C1. The van der Waals surface area contributed by atoms with Crippen molar-refractivity contribution in [2.75, 3.05) is 26.2 Å². The lowest BCUT2D eigenvalue weighted by atomic mass is 10.0. The van der Waals surface area contributed by atoms with Crippen molar-refractivity contribution in [1.82, 2.24) is 25.4 Å². The number of pyridine rings is 1. The van der Waals surface area contributed by atoms with Crippen LogP contribution in [-0.4, -0.2) is 76.7 Å². The predicted molar refractivity (Wildman–Crippen MR) is 151 cm³/mol. The highest BCUT2D eigenvalue weighted by molar-refractivity contribution is 5.99. The molecule has 4 amide bonds. The maximum Gasteiger partial charge on any atom is 0.257 e. The molecule has 3 heterocycles. The highest BCUT2D eigenvalue weighted by Crippen LogP contribution is 2.23. The van der Waals surface area contributed by atoms with Crippen LogP contribution in [0.15, 0.2) is 35.1 Å². The number of aryl methyl sites for hydroxylation is 2. The van der Waals surface area contributed by atoms with E-state index in [1.54, 1.807) is 6.07 Å². The van der Waals surface area contributed by atoms with Gasteiger partial charge in [-0.05, 0) is 61.8 Å². The molecule has 1 aromatic heterocycles. The number of hydrogen-bond acceptors (Lipinski definition) is 5. The minimum Gasteiger partial charge on any atom is -0.355 e.